The summed E-state index contributed by atoms with van der Waals surface area (Å²) in [7, 11) is 0. The highest BCUT2D eigenvalue weighted by molar-refractivity contribution is 6.25. The van der Waals surface area contributed by atoms with Crippen molar-refractivity contribution in [3.8, 4) is 34.0 Å². The van der Waals surface area contributed by atoms with Crippen molar-refractivity contribution in [2.45, 2.75) is 0 Å². The number of fused-ring (bicyclic) bond motifs is 13. The Morgan fingerprint density at radius 1 is 0.381 bits per heavy atom. The molecular formula is C58H34N4O. The van der Waals surface area contributed by atoms with Crippen LogP contribution in [0, 0.1) is 0 Å². The molecular weight excluding hydrogens is 769 g/mol. The van der Waals surface area contributed by atoms with E-state index < -0.39 is 0 Å². The van der Waals surface area contributed by atoms with Crippen molar-refractivity contribution < 1.29 is 4.42 Å². The van der Waals surface area contributed by atoms with Crippen LogP contribution in [0.15, 0.2) is 211 Å². The van der Waals surface area contributed by atoms with E-state index in [4.69, 9.17) is 14.4 Å². The first kappa shape index (κ1) is 34.2. The minimum Gasteiger partial charge on any atom is -0.456 e. The van der Waals surface area contributed by atoms with E-state index in [1.54, 1.807) is 0 Å². The zero-order valence-electron chi connectivity index (χ0n) is 33.8. The van der Waals surface area contributed by atoms with Crippen molar-refractivity contribution >= 4 is 98.0 Å². The smallest absolute Gasteiger partial charge is 0.160 e. The Bertz CT molecular complexity index is 4230. The molecule has 0 saturated heterocycles. The second-order valence-electron chi connectivity index (χ2n) is 16.5. The minimum atomic E-state index is 0.666. The van der Waals surface area contributed by atoms with E-state index in [0.717, 1.165) is 66.4 Å². The van der Waals surface area contributed by atoms with Crippen molar-refractivity contribution in [1.29, 1.82) is 0 Å². The Labute approximate surface area is 360 Å². The normalized spacial score (nSPS) is 12.1. The van der Waals surface area contributed by atoms with Crippen LogP contribution in [0.2, 0.25) is 0 Å². The molecule has 0 aliphatic heterocycles. The van der Waals surface area contributed by atoms with E-state index in [1.807, 2.05) is 24.3 Å². The van der Waals surface area contributed by atoms with Crippen LogP contribution in [0.25, 0.3) is 132 Å². The lowest BCUT2D eigenvalue weighted by molar-refractivity contribution is 0.669. The number of benzene rings is 10. The average Bonchev–Trinajstić information content (AvgIpc) is 4.01. The summed E-state index contributed by atoms with van der Waals surface area (Å²) in [5.74, 6) is 0.666. The molecule has 0 aliphatic carbocycles. The van der Waals surface area contributed by atoms with Gasteiger partial charge in [0.2, 0.25) is 0 Å². The average molecular weight is 803 g/mol. The van der Waals surface area contributed by atoms with Gasteiger partial charge in [0.1, 0.15) is 11.2 Å². The summed E-state index contributed by atoms with van der Waals surface area (Å²) in [5, 5.41) is 12.8. The van der Waals surface area contributed by atoms with E-state index in [9.17, 15) is 0 Å². The maximum Gasteiger partial charge on any atom is 0.160 e. The Morgan fingerprint density at radius 2 is 1.05 bits per heavy atom. The minimum absolute atomic E-state index is 0.666. The van der Waals surface area contributed by atoms with Gasteiger partial charge in [0.25, 0.3) is 0 Å². The third-order valence-electron chi connectivity index (χ3n) is 13.1. The van der Waals surface area contributed by atoms with Gasteiger partial charge in [-0.05, 0) is 59.3 Å². The Kier molecular flexibility index (Phi) is 7.05. The second kappa shape index (κ2) is 13.0. The Morgan fingerprint density at radius 3 is 1.92 bits per heavy atom. The van der Waals surface area contributed by atoms with Crippen molar-refractivity contribution in [3.63, 3.8) is 0 Å². The first-order chi connectivity index (χ1) is 31.3. The zero-order chi connectivity index (χ0) is 41.2. The molecule has 0 unspecified atom stereocenters. The number of hydrogen-bond donors (Lipinski definition) is 0. The number of para-hydroxylation sites is 4. The number of rotatable bonds is 4. The monoisotopic (exact) mass is 802 g/mol. The highest BCUT2D eigenvalue weighted by Gasteiger charge is 2.24. The summed E-state index contributed by atoms with van der Waals surface area (Å²) in [6, 6.07) is 73.7. The summed E-state index contributed by atoms with van der Waals surface area (Å²) in [6.07, 6.45) is 0. The van der Waals surface area contributed by atoms with Crippen LogP contribution in [0.1, 0.15) is 0 Å². The molecule has 292 valence electrons. The van der Waals surface area contributed by atoms with Gasteiger partial charge in [0, 0.05) is 65.3 Å². The molecule has 0 aliphatic rings. The molecule has 4 heterocycles. The third-order valence-corrected chi connectivity index (χ3v) is 13.1. The lowest BCUT2D eigenvalue weighted by Crippen LogP contribution is -1.99. The van der Waals surface area contributed by atoms with Crippen LogP contribution in [-0.4, -0.2) is 19.1 Å². The molecule has 5 heteroatoms. The molecule has 10 aromatic carbocycles. The molecule has 0 radical (unpaired) electrons. The number of aromatic nitrogens is 4. The van der Waals surface area contributed by atoms with E-state index >= 15 is 0 Å². The van der Waals surface area contributed by atoms with Crippen LogP contribution < -0.4 is 0 Å². The van der Waals surface area contributed by atoms with Gasteiger partial charge in [0.15, 0.2) is 5.82 Å². The van der Waals surface area contributed by atoms with Gasteiger partial charge >= 0.3 is 0 Å². The summed E-state index contributed by atoms with van der Waals surface area (Å²) in [5.41, 5.74) is 12.3. The van der Waals surface area contributed by atoms with Crippen LogP contribution in [0.3, 0.4) is 0 Å². The topological polar surface area (TPSA) is 48.8 Å². The zero-order valence-corrected chi connectivity index (χ0v) is 33.8. The standard InChI is InChI=1S/C58H34N4O/c1-3-19-39-35(15-1)31-32-42-41-21-6-10-27-48(41)62(56(39)42)57-40-20-4-2-16-36(40)34-50-54(57)44-23-7-11-28-49(44)61(50)38-18-13-17-37(33-38)58-59-47-26-9-5-22-43(47)55(60-58)46-25-14-30-52-53(46)45-24-8-12-29-51(45)63-52/h1-34H. The van der Waals surface area contributed by atoms with E-state index in [-0.39, 0.29) is 0 Å². The fraction of sp³-hybridized carbons (Fsp3) is 0. The van der Waals surface area contributed by atoms with E-state index in [0.29, 0.717) is 5.82 Å². The molecule has 14 aromatic rings. The molecule has 14 rings (SSSR count). The molecule has 0 N–H and O–H groups in total. The highest BCUT2D eigenvalue weighted by atomic mass is 16.3. The summed E-state index contributed by atoms with van der Waals surface area (Å²) in [4.78, 5) is 10.7. The lowest BCUT2D eigenvalue weighted by atomic mass is 10.00. The van der Waals surface area contributed by atoms with Gasteiger partial charge in [-0.2, -0.15) is 0 Å². The van der Waals surface area contributed by atoms with Gasteiger partial charge in [-0.3, -0.25) is 0 Å². The number of nitrogens with zero attached hydrogens (tertiary/aromatic N) is 4. The number of furan rings is 1. The maximum atomic E-state index is 6.34. The molecule has 0 amide bonds. The number of hydrogen-bond acceptors (Lipinski definition) is 3. The highest BCUT2D eigenvalue weighted by Crippen LogP contribution is 2.45. The summed E-state index contributed by atoms with van der Waals surface area (Å²) < 4.78 is 11.3. The van der Waals surface area contributed by atoms with Crippen LogP contribution >= 0.6 is 0 Å². The van der Waals surface area contributed by atoms with Crippen LogP contribution in [-0.2, 0) is 0 Å². The fourth-order valence-electron chi connectivity index (χ4n) is 10.4. The molecule has 0 atom stereocenters. The van der Waals surface area contributed by atoms with Crippen molar-refractivity contribution in [3.05, 3.63) is 206 Å². The van der Waals surface area contributed by atoms with Gasteiger partial charge in [-0.1, -0.05) is 158 Å². The van der Waals surface area contributed by atoms with Crippen LogP contribution in [0.4, 0.5) is 0 Å². The molecule has 5 nitrogen and oxygen atoms in total. The predicted octanol–water partition coefficient (Wildman–Crippen LogP) is 15.4. The molecule has 0 bridgehead atoms. The molecule has 0 spiro atoms. The lowest BCUT2D eigenvalue weighted by Gasteiger charge is -2.16. The predicted molar refractivity (Wildman–Crippen MR) is 261 cm³/mol. The molecule has 0 fully saturated rings. The van der Waals surface area contributed by atoms with Gasteiger partial charge in [0.05, 0.1) is 39.0 Å². The van der Waals surface area contributed by atoms with E-state index in [1.165, 1.54) is 59.8 Å². The molecule has 63 heavy (non-hydrogen) atoms. The van der Waals surface area contributed by atoms with Crippen LogP contribution in [0.5, 0.6) is 0 Å². The SMILES string of the molecule is c1cc(-c2nc(-c3cccc4oc5ccccc5c34)c3ccccc3n2)cc(-n2c3ccccc3c3c(-n4c5ccccc5c5ccc6ccccc6c54)c4ccccc4cc32)c1. The Balaban J connectivity index is 1.05. The second-order valence-corrected chi connectivity index (χ2v) is 16.5. The largest absolute Gasteiger partial charge is 0.456 e. The van der Waals surface area contributed by atoms with E-state index in [2.05, 4.69) is 191 Å². The van der Waals surface area contributed by atoms with Gasteiger partial charge in [-0.15, -0.1) is 0 Å². The van der Waals surface area contributed by atoms with Gasteiger partial charge < -0.3 is 13.6 Å². The first-order valence-corrected chi connectivity index (χ1v) is 21.4. The molecule has 0 saturated carbocycles. The summed E-state index contributed by atoms with van der Waals surface area (Å²) in [6.45, 7) is 0. The van der Waals surface area contributed by atoms with Crippen molar-refractivity contribution in [1.82, 2.24) is 19.1 Å². The first-order valence-electron chi connectivity index (χ1n) is 21.4. The fourth-order valence-corrected chi connectivity index (χ4v) is 10.4. The van der Waals surface area contributed by atoms with Gasteiger partial charge in [-0.25, -0.2) is 9.97 Å². The third kappa shape index (κ3) is 4.87. The van der Waals surface area contributed by atoms with Crippen molar-refractivity contribution in [2.75, 3.05) is 0 Å². The molecule has 4 aromatic heterocycles. The Hall–Kier alpha value is -8.54. The maximum absolute atomic E-state index is 6.34. The summed E-state index contributed by atoms with van der Waals surface area (Å²) >= 11 is 0. The van der Waals surface area contributed by atoms with Crippen molar-refractivity contribution in [2.24, 2.45) is 0 Å². The quantitative estimate of drug-likeness (QED) is 0.178.